The average Bonchev–Trinajstić information content (AvgIpc) is 3.17. The first-order chi connectivity index (χ1) is 15.2. The van der Waals surface area contributed by atoms with Crippen LogP contribution in [0.3, 0.4) is 0 Å². The molecule has 1 aromatic heterocycles. The molecule has 6 heteroatoms. The van der Waals surface area contributed by atoms with E-state index in [-0.39, 0.29) is 5.91 Å². The molecular weight excluding hydrogens is 408 g/mol. The summed E-state index contributed by atoms with van der Waals surface area (Å²) >= 11 is 1.30. The summed E-state index contributed by atoms with van der Waals surface area (Å²) in [7, 11) is 0. The van der Waals surface area contributed by atoms with E-state index in [1.807, 2.05) is 85.1 Å². The Bertz CT molecular complexity index is 1140. The molecule has 0 saturated heterocycles. The van der Waals surface area contributed by atoms with Crippen LogP contribution in [0, 0.1) is 0 Å². The van der Waals surface area contributed by atoms with Crippen molar-refractivity contribution in [2.24, 2.45) is 0 Å². The number of hydrogen-bond donors (Lipinski definition) is 2. The van der Waals surface area contributed by atoms with E-state index in [2.05, 4.69) is 9.71 Å². The maximum Gasteiger partial charge on any atom is 0.277 e. The summed E-state index contributed by atoms with van der Waals surface area (Å²) in [6.07, 6.45) is 3.38. The Morgan fingerprint density at radius 2 is 1.58 bits per heavy atom. The van der Waals surface area contributed by atoms with E-state index < -0.39 is 0 Å². The molecule has 5 nitrogen and oxygen atoms in total. The van der Waals surface area contributed by atoms with Crippen LogP contribution in [-0.2, 0) is 6.42 Å². The van der Waals surface area contributed by atoms with Crippen molar-refractivity contribution < 1.29 is 14.3 Å². The number of amides is 1. The molecule has 0 atom stereocenters. The first-order valence-corrected chi connectivity index (χ1v) is 11.4. The number of aromatic amines is 1. The van der Waals surface area contributed by atoms with Gasteiger partial charge >= 0.3 is 0 Å². The molecule has 0 saturated carbocycles. The quantitative estimate of drug-likeness (QED) is 0.252. The molecular formula is C25H24N2O3S. The zero-order valence-electron chi connectivity index (χ0n) is 17.3. The van der Waals surface area contributed by atoms with E-state index in [4.69, 9.17) is 9.47 Å². The van der Waals surface area contributed by atoms with E-state index in [1.165, 1.54) is 11.9 Å². The molecule has 0 radical (unpaired) electrons. The summed E-state index contributed by atoms with van der Waals surface area (Å²) in [5.41, 5.74) is 2.62. The topological polar surface area (TPSA) is 63.4 Å². The Balaban J connectivity index is 1.35. The maximum absolute atomic E-state index is 12.4. The molecule has 31 heavy (non-hydrogen) atoms. The predicted molar refractivity (Wildman–Crippen MR) is 126 cm³/mol. The minimum Gasteiger partial charge on any atom is -0.494 e. The fourth-order valence-corrected chi connectivity index (χ4v) is 3.75. The lowest BCUT2D eigenvalue weighted by Gasteiger charge is -2.09. The Morgan fingerprint density at radius 1 is 0.903 bits per heavy atom. The van der Waals surface area contributed by atoms with Crippen LogP contribution in [0.5, 0.6) is 17.2 Å². The van der Waals surface area contributed by atoms with E-state index in [9.17, 15) is 4.79 Å². The lowest BCUT2D eigenvalue weighted by atomic mass is 10.1. The summed E-state index contributed by atoms with van der Waals surface area (Å²) in [4.78, 5) is 15.7. The first-order valence-electron chi connectivity index (χ1n) is 10.1. The number of hydrogen-bond acceptors (Lipinski definition) is 4. The Labute approximate surface area is 185 Å². The minimum atomic E-state index is -0.103. The summed E-state index contributed by atoms with van der Waals surface area (Å²) in [5.74, 6) is 2.26. The minimum absolute atomic E-state index is 0.103. The molecule has 0 fully saturated rings. The van der Waals surface area contributed by atoms with Gasteiger partial charge in [0.05, 0.1) is 6.61 Å². The molecule has 2 N–H and O–H groups in total. The second kappa shape index (κ2) is 10.1. The molecule has 0 spiro atoms. The van der Waals surface area contributed by atoms with Gasteiger partial charge in [0.25, 0.3) is 5.91 Å². The van der Waals surface area contributed by atoms with Crippen LogP contribution in [0.25, 0.3) is 10.9 Å². The van der Waals surface area contributed by atoms with Crippen LogP contribution in [0.4, 0.5) is 0 Å². The number of carbonyl (C=O) groups is 1. The molecule has 1 amide bonds. The van der Waals surface area contributed by atoms with Crippen LogP contribution < -0.4 is 14.2 Å². The lowest BCUT2D eigenvalue weighted by Crippen LogP contribution is -2.17. The van der Waals surface area contributed by atoms with Crippen LogP contribution in [-0.4, -0.2) is 23.8 Å². The summed E-state index contributed by atoms with van der Waals surface area (Å²) in [5, 5.41) is 1.08. The number of aromatic nitrogens is 1. The zero-order valence-corrected chi connectivity index (χ0v) is 18.1. The van der Waals surface area contributed by atoms with Gasteiger partial charge in [-0.25, -0.2) is 0 Å². The van der Waals surface area contributed by atoms with Gasteiger partial charge in [-0.1, -0.05) is 48.3 Å². The largest absolute Gasteiger partial charge is 0.494 e. The highest BCUT2D eigenvalue weighted by atomic mass is 32.2. The standard InChI is InChI=1S/C25H24N2O3S/c1-31-27-25(28)24-22(21-10-5-6-12-23(21)26-24)11-7-17-29-18-13-15-20(16-14-18)30-19-8-3-2-4-9-19/h2-6,8-10,12-16,26H,7,11,17H2,1H3,(H,27,28). The van der Waals surface area contributed by atoms with Crippen molar-refractivity contribution in [1.82, 2.24) is 9.71 Å². The number of ether oxygens (including phenoxy) is 2. The van der Waals surface area contributed by atoms with Gasteiger partial charge < -0.3 is 14.5 Å². The Morgan fingerprint density at radius 3 is 2.35 bits per heavy atom. The van der Waals surface area contributed by atoms with Gasteiger partial charge in [0.1, 0.15) is 22.9 Å². The van der Waals surface area contributed by atoms with Gasteiger partial charge in [-0.3, -0.25) is 9.52 Å². The first kappa shape index (κ1) is 20.9. The number of aryl methyl sites for hydroxylation is 1. The van der Waals surface area contributed by atoms with Crippen molar-refractivity contribution >= 4 is 28.8 Å². The molecule has 0 bridgehead atoms. The van der Waals surface area contributed by atoms with E-state index in [0.29, 0.717) is 12.3 Å². The highest BCUT2D eigenvalue weighted by molar-refractivity contribution is 7.97. The molecule has 0 aliphatic carbocycles. The lowest BCUT2D eigenvalue weighted by molar-refractivity contribution is 0.0979. The van der Waals surface area contributed by atoms with Crippen molar-refractivity contribution in [2.45, 2.75) is 12.8 Å². The number of para-hydroxylation sites is 2. The Hall–Kier alpha value is -3.38. The third kappa shape index (κ3) is 5.22. The number of rotatable bonds is 9. The smallest absolute Gasteiger partial charge is 0.277 e. The van der Waals surface area contributed by atoms with Crippen molar-refractivity contribution in [2.75, 3.05) is 12.9 Å². The molecule has 4 aromatic rings. The zero-order chi connectivity index (χ0) is 21.5. The number of nitrogens with one attached hydrogen (secondary N) is 2. The molecule has 0 aliphatic heterocycles. The van der Waals surface area contributed by atoms with Crippen molar-refractivity contribution in [3.05, 3.63) is 90.1 Å². The fourth-order valence-electron chi connectivity index (χ4n) is 3.46. The summed E-state index contributed by atoms with van der Waals surface area (Å²) < 4.78 is 14.5. The second-order valence-electron chi connectivity index (χ2n) is 7.00. The number of benzene rings is 3. The van der Waals surface area contributed by atoms with Crippen molar-refractivity contribution in [3.63, 3.8) is 0 Å². The van der Waals surface area contributed by atoms with Gasteiger partial charge in [0.2, 0.25) is 0 Å². The number of H-pyrrole nitrogens is 1. The van der Waals surface area contributed by atoms with E-state index in [0.717, 1.165) is 46.6 Å². The van der Waals surface area contributed by atoms with Gasteiger partial charge in [0, 0.05) is 17.2 Å². The summed E-state index contributed by atoms with van der Waals surface area (Å²) in [6, 6.07) is 25.3. The van der Waals surface area contributed by atoms with Crippen molar-refractivity contribution in [3.8, 4) is 17.2 Å². The second-order valence-corrected chi connectivity index (χ2v) is 7.61. The predicted octanol–water partition coefficient (Wildman–Crippen LogP) is 5.98. The van der Waals surface area contributed by atoms with Crippen LogP contribution in [0.15, 0.2) is 78.9 Å². The SMILES string of the molecule is CSNC(=O)c1[nH]c2ccccc2c1CCCOc1ccc(Oc2ccccc2)cc1. The van der Waals surface area contributed by atoms with Gasteiger partial charge in [0.15, 0.2) is 0 Å². The third-order valence-corrected chi connectivity index (χ3v) is 5.27. The van der Waals surface area contributed by atoms with Gasteiger partial charge in [-0.2, -0.15) is 0 Å². The normalized spacial score (nSPS) is 10.7. The van der Waals surface area contributed by atoms with Gasteiger partial charge in [-0.05, 0) is 60.9 Å². The number of fused-ring (bicyclic) bond motifs is 1. The van der Waals surface area contributed by atoms with Gasteiger partial charge in [-0.15, -0.1) is 0 Å². The molecule has 4 rings (SSSR count). The van der Waals surface area contributed by atoms with Crippen LogP contribution in [0.2, 0.25) is 0 Å². The summed E-state index contributed by atoms with van der Waals surface area (Å²) in [6.45, 7) is 0.558. The van der Waals surface area contributed by atoms with E-state index >= 15 is 0 Å². The fraction of sp³-hybridized carbons (Fsp3) is 0.160. The molecule has 0 aliphatic rings. The van der Waals surface area contributed by atoms with Crippen LogP contribution >= 0.6 is 11.9 Å². The Kier molecular flexibility index (Phi) is 6.79. The van der Waals surface area contributed by atoms with Crippen molar-refractivity contribution in [1.29, 1.82) is 0 Å². The highest BCUT2D eigenvalue weighted by Gasteiger charge is 2.17. The monoisotopic (exact) mass is 432 g/mol. The number of carbonyl (C=O) groups excluding carboxylic acids is 1. The average molecular weight is 433 g/mol. The maximum atomic E-state index is 12.4. The van der Waals surface area contributed by atoms with E-state index in [1.54, 1.807) is 0 Å². The molecule has 1 heterocycles. The third-order valence-electron chi connectivity index (χ3n) is 4.88. The highest BCUT2D eigenvalue weighted by Crippen LogP contribution is 2.26. The molecule has 158 valence electrons. The molecule has 3 aromatic carbocycles. The van der Waals surface area contributed by atoms with Crippen LogP contribution in [0.1, 0.15) is 22.5 Å². The molecule has 0 unspecified atom stereocenters.